The summed E-state index contributed by atoms with van der Waals surface area (Å²) < 4.78 is 0. The molecule has 0 atom stereocenters. The van der Waals surface area contributed by atoms with Crippen molar-refractivity contribution in [2.75, 3.05) is 18.9 Å². The highest BCUT2D eigenvalue weighted by Crippen LogP contribution is 2.09. The summed E-state index contributed by atoms with van der Waals surface area (Å²) in [5, 5.41) is 9.72. The summed E-state index contributed by atoms with van der Waals surface area (Å²) in [6, 6.07) is 3.58. The normalized spacial score (nSPS) is 10.2. The first kappa shape index (κ1) is 13.1. The van der Waals surface area contributed by atoms with Crippen molar-refractivity contribution in [2.45, 2.75) is 13.5 Å². The Bertz CT molecular complexity index is 520. The van der Waals surface area contributed by atoms with Gasteiger partial charge in [-0.2, -0.15) is 5.10 Å². The number of hydrogen-bond acceptors (Lipinski definition) is 4. The summed E-state index contributed by atoms with van der Waals surface area (Å²) in [5.74, 6) is -0.107. The molecule has 0 unspecified atom stereocenters. The Morgan fingerprint density at radius 1 is 1.42 bits per heavy atom. The van der Waals surface area contributed by atoms with Crippen molar-refractivity contribution in [3.05, 3.63) is 42.0 Å². The van der Waals surface area contributed by atoms with Crippen LogP contribution in [0.25, 0.3) is 0 Å². The molecule has 2 rings (SSSR count). The van der Waals surface area contributed by atoms with Crippen LogP contribution in [0, 0.1) is 0 Å². The zero-order valence-electron chi connectivity index (χ0n) is 11.1. The van der Waals surface area contributed by atoms with Crippen LogP contribution in [0.5, 0.6) is 0 Å². The van der Waals surface area contributed by atoms with E-state index in [0.717, 1.165) is 17.8 Å². The van der Waals surface area contributed by atoms with Gasteiger partial charge in [-0.25, -0.2) is 4.98 Å². The van der Waals surface area contributed by atoms with Crippen LogP contribution in [-0.2, 0) is 6.54 Å². The maximum Gasteiger partial charge on any atom is 0.272 e. The van der Waals surface area contributed by atoms with E-state index < -0.39 is 0 Å². The Morgan fingerprint density at radius 2 is 2.26 bits per heavy atom. The van der Waals surface area contributed by atoms with E-state index in [9.17, 15) is 4.79 Å². The lowest BCUT2D eigenvalue weighted by Crippen LogP contribution is -2.26. The molecule has 0 aromatic carbocycles. The molecule has 100 valence electrons. The van der Waals surface area contributed by atoms with Crippen LogP contribution < -0.4 is 5.32 Å². The second-order valence-corrected chi connectivity index (χ2v) is 4.23. The quantitative estimate of drug-likeness (QED) is 0.853. The van der Waals surface area contributed by atoms with E-state index in [1.54, 1.807) is 36.6 Å². The number of aromatic amines is 1. The van der Waals surface area contributed by atoms with Crippen LogP contribution in [0.15, 0.2) is 30.7 Å². The number of amides is 1. The number of hydrogen-bond donors (Lipinski definition) is 2. The number of carbonyl (C=O) groups is 1. The number of aromatic nitrogens is 3. The average molecular weight is 259 g/mol. The van der Waals surface area contributed by atoms with Gasteiger partial charge in [0, 0.05) is 31.9 Å². The SMILES string of the molecule is CCNc1ccc(C(=O)N(C)Cc2cn[nH]c2)nc1. The van der Waals surface area contributed by atoms with Gasteiger partial charge in [-0.3, -0.25) is 9.89 Å². The molecule has 0 spiro atoms. The van der Waals surface area contributed by atoms with Gasteiger partial charge >= 0.3 is 0 Å². The highest BCUT2D eigenvalue weighted by molar-refractivity contribution is 5.92. The van der Waals surface area contributed by atoms with Crippen LogP contribution in [-0.4, -0.2) is 39.6 Å². The highest BCUT2D eigenvalue weighted by atomic mass is 16.2. The van der Waals surface area contributed by atoms with Gasteiger partial charge in [-0.1, -0.05) is 0 Å². The molecule has 0 aliphatic carbocycles. The lowest BCUT2D eigenvalue weighted by Gasteiger charge is -2.15. The predicted molar refractivity (Wildman–Crippen MR) is 72.8 cm³/mol. The lowest BCUT2D eigenvalue weighted by molar-refractivity contribution is 0.0779. The van der Waals surface area contributed by atoms with Crippen molar-refractivity contribution >= 4 is 11.6 Å². The molecule has 0 fully saturated rings. The molecule has 0 saturated heterocycles. The fourth-order valence-electron chi connectivity index (χ4n) is 1.73. The monoisotopic (exact) mass is 259 g/mol. The molecule has 2 N–H and O–H groups in total. The van der Waals surface area contributed by atoms with Crippen LogP contribution in [0.3, 0.4) is 0 Å². The maximum atomic E-state index is 12.2. The van der Waals surface area contributed by atoms with Crippen LogP contribution in [0.4, 0.5) is 5.69 Å². The first-order valence-corrected chi connectivity index (χ1v) is 6.13. The summed E-state index contributed by atoms with van der Waals surface area (Å²) in [6.07, 6.45) is 5.14. The molecule has 0 saturated carbocycles. The molecule has 0 aliphatic rings. The molecule has 6 nitrogen and oxygen atoms in total. The molecule has 2 aromatic rings. The molecule has 2 heterocycles. The Morgan fingerprint density at radius 3 is 2.84 bits per heavy atom. The first-order chi connectivity index (χ1) is 9.20. The largest absolute Gasteiger partial charge is 0.384 e. The minimum Gasteiger partial charge on any atom is -0.384 e. The van der Waals surface area contributed by atoms with Gasteiger partial charge in [-0.15, -0.1) is 0 Å². The Labute approximate surface area is 111 Å². The molecule has 1 amide bonds. The minimum atomic E-state index is -0.107. The van der Waals surface area contributed by atoms with E-state index in [0.29, 0.717) is 12.2 Å². The fourth-order valence-corrected chi connectivity index (χ4v) is 1.73. The highest BCUT2D eigenvalue weighted by Gasteiger charge is 2.13. The van der Waals surface area contributed by atoms with E-state index >= 15 is 0 Å². The molecule has 19 heavy (non-hydrogen) atoms. The first-order valence-electron chi connectivity index (χ1n) is 6.13. The van der Waals surface area contributed by atoms with Crippen LogP contribution in [0.1, 0.15) is 23.0 Å². The number of carbonyl (C=O) groups excluding carboxylic acids is 1. The molecule has 6 heteroatoms. The summed E-state index contributed by atoms with van der Waals surface area (Å²) in [4.78, 5) is 17.9. The van der Waals surface area contributed by atoms with Crippen molar-refractivity contribution in [1.29, 1.82) is 0 Å². The van der Waals surface area contributed by atoms with Crippen molar-refractivity contribution < 1.29 is 4.79 Å². The average Bonchev–Trinajstić information content (AvgIpc) is 2.92. The standard InChI is InChI=1S/C13H17N5O/c1-3-14-11-4-5-12(15-8-11)13(19)18(2)9-10-6-16-17-7-10/h4-8,14H,3,9H2,1-2H3,(H,16,17). The van der Waals surface area contributed by atoms with Gasteiger partial charge in [0.15, 0.2) is 0 Å². The molecule has 0 radical (unpaired) electrons. The molecular weight excluding hydrogens is 242 g/mol. The molecule has 2 aromatic heterocycles. The number of rotatable bonds is 5. The summed E-state index contributed by atoms with van der Waals surface area (Å²) in [6.45, 7) is 3.35. The van der Waals surface area contributed by atoms with Gasteiger partial charge in [0.2, 0.25) is 0 Å². The smallest absolute Gasteiger partial charge is 0.272 e. The van der Waals surface area contributed by atoms with Crippen molar-refractivity contribution in [2.24, 2.45) is 0 Å². The van der Waals surface area contributed by atoms with Gasteiger partial charge in [-0.05, 0) is 19.1 Å². The number of nitrogens with zero attached hydrogens (tertiary/aromatic N) is 3. The summed E-state index contributed by atoms with van der Waals surface area (Å²) in [5.41, 5.74) is 2.31. The zero-order valence-corrected chi connectivity index (χ0v) is 11.1. The minimum absolute atomic E-state index is 0.107. The summed E-state index contributed by atoms with van der Waals surface area (Å²) >= 11 is 0. The van der Waals surface area contributed by atoms with E-state index in [1.165, 1.54) is 0 Å². The molecule has 0 bridgehead atoms. The Hall–Kier alpha value is -2.37. The maximum absolute atomic E-state index is 12.2. The van der Waals surface area contributed by atoms with Gasteiger partial charge in [0.1, 0.15) is 5.69 Å². The zero-order chi connectivity index (χ0) is 13.7. The third-order valence-electron chi connectivity index (χ3n) is 2.68. The van der Waals surface area contributed by atoms with E-state index in [2.05, 4.69) is 20.5 Å². The third-order valence-corrected chi connectivity index (χ3v) is 2.68. The number of pyridine rings is 1. The Balaban J connectivity index is 2.02. The van der Waals surface area contributed by atoms with Gasteiger partial charge in [0.25, 0.3) is 5.91 Å². The second-order valence-electron chi connectivity index (χ2n) is 4.23. The van der Waals surface area contributed by atoms with E-state index in [1.807, 2.05) is 13.0 Å². The van der Waals surface area contributed by atoms with E-state index in [4.69, 9.17) is 0 Å². The van der Waals surface area contributed by atoms with E-state index in [-0.39, 0.29) is 5.91 Å². The van der Waals surface area contributed by atoms with Crippen LogP contribution >= 0.6 is 0 Å². The van der Waals surface area contributed by atoms with Gasteiger partial charge in [0.05, 0.1) is 18.1 Å². The second kappa shape index (κ2) is 5.99. The number of H-pyrrole nitrogens is 1. The number of anilines is 1. The summed E-state index contributed by atoms with van der Waals surface area (Å²) in [7, 11) is 1.75. The topological polar surface area (TPSA) is 73.9 Å². The van der Waals surface area contributed by atoms with Crippen molar-refractivity contribution in [3.63, 3.8) is 0 Å². The third kappa shape index (κ3) is 3.31. The number of nitrogens with one attached hydrogen (secondary N) is 2. The van der Waals surface area contributed by atoms with Crippen LogP contribution in [0.2, 0.25) is 0 Å². The predicted octanol–water partition coefficient (Wildman–Crippen LogP) is 1.51. The Kier molecular flexibility index (Phi) is 4.12. The van der Waals surface area contributed by atoms with Gasteiger partial charge < -0.3 is 10.2 Å². The van der Waals surface area contributed by atoms with Crippen molar-refractivity contribution in [1.82, 2.24) is 20.1 Å². The van der Waals surface area contributed by atoms with Crippen molar-refractivity contribution in [3.8, 4) is 0 Å². The lowest BCUT2D eigenvalue weighted by atomic mass is 10.2. The molecular formula is C13H17N5O. The fraction of sp³-hybridized carbons (Fsp3) is 0.308. The molecule has 0 aliphatic heterocycles.